The molecule has 1 heterocycles. The highest BCUT2D eigenvalue weighted by Gasteiger charge is 2.21. The number of halogens is 1. The maximum absolute atomic E-state index is 13.3. The van der Waals surface area contributed by atoms with Crippen molar-refractivity contribution in [3.8, 4) is 17.0 Å². The molecule has 1 aromatic carbocycles. The van der Waals surface area contributed by atoms with Gasteiger partial charge in [-0.2, -0.15) is 0 Å². The van der Waals surface area contributed by atoms with E-state index in [-0.39, 0.29) is 17.8 Å². The fourth-order valence-electron chi connectivity index (χ4n) is 1.89. The van der Waals surface area contributed by atoms with E-state index in [9.17, 15) is 4.39 Å². The predicted octanol–water partition coefficient (Wildman–Crippen LogP) is 2.99. The van der Waals surface area contributed by atoms with Gasteiger partial charge in [-0.05, 0) is 37.5 Å². The van der Waals surface area contributed by atoms with Crippen LogP contribution >= 0.6 is 0 Å². The van der Waals surface area contributed by atoms with E-state index in [1.807, 2.05) is 0 Å². The number of hydrogen-bond acceptors (Lipinski definition) is 4. The zero-order valence-electron chi connectivity index (χ0n) is 9.73. The quantitative estimate of drug-likeness (QED) is 0.907. The molecule has 1 aliphatic carbocycles. The zero-order valence-corrected chi connectivity index (χ0v) is 9.73. The molecule has 0 saturated heterocycles. The van der Waals surface area contributed by atoms with Crippen LogP contribution in [-0.2, 0) is 0 Å². The van der Waals surface area contributed by atoms with Crippen LogP contribution in [0.4, 0.5) is 10.3 Å². The van der Waals surface area contributed by atoms with Crippen LogP contribution in [0.1, 0.15) is 19.3 Å². The first-order valence-corrected chi connectivity index (χ1v) is 5.91. The number of hydrogen-bond donors (Lipinski definition) is 1. The van der Waals surface area contributed by atoms with Crippen LogP contribution in [0.25, 0.3) is 11.3 Å². The summed E-state index contributed by atoms with van der Waals surface area (Å²) in [5, 5.41) is 3.79. The van der Waals surface area contributed by atoms with Crippen LogP contribution in [0.5, 0.6) is 5.75 Å². The van der Waals surface area contributed by atoms with Crippen LogP contribution in [-0.4, -0.2) is 11.3 Å². The zero-order chi connectivity index (χ0) is 12.5. The number of anilines is 1. The van der Waals surface area contributed by atoms with Crippen molar-refractivity contribution >= 4 is 5.88 Å². The van der Waals surface area contributed by atoms with Gasteiger partial charge in [0.25, 0.3) is 0 Å². The Morgan fingerprint density at radius 3 is 2.78 bits per heavy atom. The summed E-state index contributed by atoms with van der Waals surface area (Å²) >= 11 is 0. The van der Waals surface area contributed by atoms with Gasteiger partial charge in [0.15, 0.2) is 0 Å². The molecule has 3 rings (SSSR count). The summed E-state index contributed by atoms with van der Waals surface area (Å²) in [4.78, 5) is 0. The number of nitrogens with zero attached hydrogens (tertiary/aromatic N) is 1. The number of rotatable bonds is 3. The maximum atomic E-state index is 13.3. The second-order valence-corrected chi connectivity index (χ2v) is 4.43. The van der Waals surface area contributed by atoms with E-state index in [1.54, 1.807) is 12.1 Å². The van der Waals surface area contributed by atoms with Crippen LogP contribution < -0.4 is 10.5 Å². The molecule has 0 radical (unpaired) electrons. The first-order chi connectivity index (χ1) is 8.72. The highest BCUT2D eigenvalue weighted by atomic mass is 19.1. The van der Waals surface area contributed by atoms with E-state index >= 15 is 0 Å². The number of aromatic nitrogens is 1. The van der Waals surface area contributed by atoms with Crippen molar-refractivity contribution in [2.75, 3.05) is 5.73 Å². The lowest BCUT2D eigenvalue weighted by molar-refractivity contribution is 0.121. The summed E-state index contributed by atoms with van der Waals surface area (Å²) < 4.78 is 23.9. The van der Waals surface area contributed by atoms with Crippen molar-refractivity contribution in [3.05, 3.63) is 30.1 Å². The third-order valence-electron chi connectivity index (χ3n) is 3.09. The first kappa shape index (κ1) is 11.1. The van der Waals surface area contributed by atoms with Gasteiger partial charge < -0.3 is 15.0 Å². The smallest absolute Gasteiger partial charge is 0.222 e. The number of ether oxygens (including phenoxy) is 1. The Hall–Kier alpha value is -2.04. The van der Waals surface area contributed by atoms with Gasteiger partial charge in [-0.15, -0.1) is 0 Å². The van der Waals surface area contributed by atoms with Crippen molar-refractivity contribution in [1.82, 2.24) is 5.16 Å². The van der Waals surface area contributed by atoms with Crippen molar-refractivity contribution in [2.24, 2.45) is 0 Å². The van der Waals surface area contributed by atoms with E-state index in [1.165, 1.54) is 18.6 Å². The topological polar surface area (TPSA) is 61.3 Å². The molecule has 0 unspecified atom stereocenters. The van der Waals surface area contributed by atoms with Crippen LogP contribution in [0, 0.1) is 5.82 Å². The average Bonchev–Trinajstić information content (AvgIpc) is 2.71. The molecule has 1 aliphatic rings. The van der Waals surface area contributed by atoms with Crippen molar-refractivity contribution < 1.29 is 13.7 Å². The van der Waals surface area contributed by atoms with Gasteiger partial charge in [-0.25, -0.2) is 4.39 Å². The van der Waals surface area contributed by atoms with Gasteiger partial charge in [-0.1, -0.05) is 5.16 Å². The standard InChI is InChI=1S/C13H13FN2O2/c14-8-4-5-12(17-9-2-1-3-9)10(6-8)11-7-13(15)18-16-11/h4-7,9H,1-3,15H2. The molecular weight excluding hydrogens is 235 g/mol. The lowest BCUT2D eigenvalue weighted by Crippen LogP contribution is -2.24. The number of nitrogens with two attached hydrogens (primary N) is 1. The van der Waals surface area contributed by atoms with Crippen molar-refractivity contribution in [1.29, 1.82) is 0 Å². The Bertz CT molecular complexity index is 564. The number of benzene rings is 1. The minimum Gasteiger partial charge on any atom is -0.490 e. The Balaban J connectivity index is 1.96. The molecule has 1 saturated carbocycles. The minimum absolute atomic E-state index is 0.198. The van der Waals surface area contributed by atoms with Crippen LogP contribution in [0.15, 0.2) is 28.8 Å². The summed E-state index contributed by atoms with van der Waals surface area (Å²) in [6.07, 6.45) is 3.48. The number of nitrogen functional groups attached to an aromatic ring is 1. The van der Waals surface area contributed by atoms with E-state index in [2.05, 4.69) is 5.16 Å². The van der Waals surface area contributed by atoms with Gasteiger partial charge in [0.2, 0.25) is 5.88 Å². The van der Waals surface area contributed by atoms with Gasteiger partial charge in [-0.3, -0.25) is 0 Å². The lowest BCUT2D eigenvalue weighted by Gasteiger charge is -2.27. The van der Waals surface area contributed by atoms with Crippen molar-refractivity contribution in [2.45, 2.75) is 25.4 Å². The van der Waals surface area contributed by atoms with Gasteiger partial charge in [0, 0.05) is 11.6 Å². The Morgan fingerprint density at radius 2 is 2.17 bits per heavy atom. The molecule has 1 fully saturated rings. The largest absolute Gasteiger partial charge is 0.490 e. The van der Waals surface area contributed by atoms with Gasteiger partial charge >= 0.3 is 0 Å². The molecule has 0 aliphatic heterocycles. The molecule has 2 aromatic rings. The Labute approximate surface area is 104 Å². The monoisotopic (exact) mass is 248 g/mol. The molecule has 1 aromatic heterocycles. The van der Waals surface area contributed by atoms with Crippen LogP contribution in [0.2, 0.25) is 0 Å². The molecule has 4 nitrogen and oxygen atoms in total. The Morgan fingerprint density at radius 1 is 1.33 bits per heavy atom. The molecule has 2 N–H and O–H groups in total. The molecule has 94 valence electrons. The molecule has 0 spiro atoms. The summed E-state index contributed by atoms with van der Waals surface area (Å²) in [6.45, 7) is 0. The molecule has 0 atom stereocenters. The Kier molecular flexibility index (Phi) is 2.66. The minimum atomic E-state index is -0.340. The van der Waals surface area contributed by atoms with Gasteiger partial charge in [0.05, 0.1) is 6.10 Å². The normalized spacial score (nSPS) is 15.4. The summed E-state index contributed by atoms with van der Waals surface area (Å²) in [6, 6.07) is 5.93. The third-order valence-corrected chi connectivity index (χ3v) is 3.09. The summed E-state index contributed by atoms with van der Waals surface area (Å²) in [5.74, 6) is 0.478. The maximum Gasteiger partial charge on any atom is 0.222 e. The van der Waals surface area contributed by atoms with E-state index in [4.69, 9.17) is 15.0 Å². The average molecular weight is 248 g/mol. The highest BCUT2D eigenvalue weighted by molar-refractivity contribution is 5.68. The highest BCUT2D eigenvalue weighted by Crippen LogP contribution is 2.34. The molecular formula is C13H13FN2O2. The second-order valence-electron chi connectivity index (χ2n) is 4.43. The molecule has 0 amide bonds. The lowest BCUT2D eigenvalue weighted by atomic mass is 9.96. The van der Waals surface area contributed by atoms with E-state index in [0.29, 0.717) is 17.0 Å². The molecule has 18 heavy (non-hydrogen) atoms. The van der Waals surface area contributed by atoms with Gasteiger partial charge in [0.1, 0.15) is 17.3 Å². The molecule has 0 bridgehead atoms. The predicted molar refractivity (Wildman–Crippen MR) is 64.6 cm³/mol. The molecule has 5 heteroatoms. The second kappa shape index (κ2) is 4.33. The van der Waals surface area contributed by atoms with Crippen LogP contribution in [0.3, 0.4) is 0 Å². The summed E-state index contributed by atoms with van der Waals surface area (Å²) in [5.41, 5.74) is 6.54. The summed E-state index contributed by atoms with van der Waals surface area (Å²) in [7, 11) is 0. The fourth-order valence-corrected chi connectivity index (χ4v) is 1.89. The van der Waals surface area contributed by atoms with Crippen molar-refractivity contribution in [3.63, 3.8) is 0 Å². The SMILES string of the molecule is Nc1cc(-c2cc(F)ccc2OC2CCC2)no1. The van der Waals surface area contributed by atoms with E-state index < -0.39 is 0 Å². The third kappa shape index (κ3) is 2.03. The first-order valence-electron chi connectivity index (χ1n) is 5.91. The fraction of sp³-hybridized carbons (Fsp3) is 0.308. The van der Waals surface area contributed by atoms with E-state index in [0.717, 1.165) is 12.8 Å².